The van der Waals surface area contributed by atoms with Crippen LogP contribution in [0.4, 0.5) is 5.69 Å². The number of ether oxygens (including phenoxy) is 1. The molecule has 0 aliphatic heterocycles. The molecule has 1 aromatic rings. The molecule has 0 aliphatic carbocycles. The summed E-state index contributed by atoms with van der Waals surface area (Å²) < 4.78 is 5.19. The third-order valence-electron chi connectivity index (χ3n) is 3.31. The molecule has 0 spiro atoms. The van der Waals surface area contributed by atoms with Crippen molar-refractivity contribution in [3.8, 4) is 0 Å². The molecule has 0 radical (unpaired) electrons. The molecule has 0 bridgehead atoms. The average Bonchev–Trinajstić information content (AvgIpc) is 2.51. The number of Topliss-reactive ketones (excluding diaryl/α,β-unsaturated/α-hetero) is 1. The SMILES string of the molecule is C=CCCCCC(C)OC(=O)CC(=O)c1ccc([N+](=O)[O-])cc1. The quantitative estimate of drug-likeness (QED) is 0.124. The van der Waals surface area contributed by atoms with E-state index in [0.717, 1.165) is 25.7 Å². The molecule has 0 saturated carbocycles. The summed E-state index contributed by atoms with van der Waals surface area (Å²) in [6, 6.07) is 5.15. The fourth-order valence-corrected chi connectivity index (χ4v) is 2.05. The number of esters is 1. The minimum absolute atomic E-state index is 0.0997. The van der Waals surface area contributed by atoms with Crippen molar-refractivity contribution >= 4 is 17.4 Å². The van der Waals surface area contributed by atoms with Crippen molar-refractivity contribution in [3.63, 3.8) is 0 Å². The number of unbranched alkanes of at least 4 members (excludes halogenated alkanes) is 2. The average molecular weight is 319 g/mol. The second-order valence-corrected chi connectivity index (χ2v) is 5.28. The zero-order valence-electron chi connectivity index (χ0n) is 13.2. The van der Waals surface area contributed by atoms with Gasteiger partial charge in [0, 0.05) is 17.7 Å². The van der Waals surface area contributed by atoms with Gasteiger partial charge in [0.15, 0.2) is 5.78 Å². The zero-order chi connectivity index (χ0) is 17.2. The number of hydrogen-bond donors (Lipinski definition) is 0. The first kappa shape index (κ1) is 18.5. The van der Waals surface area contributed by atoms with E-state index in [1.165, 1.54) is 24.3 Å². The number of hydrogen-bond acceptors (Lipinski definition) is 5. The van der Waals surface area contributed by atoms with E-state index in [1.54, 1.807) is 6.92 Å². The van der Waals surface area contributed by atoms with Gasteiger partial charge in [-0.1, -0.05) is 6.08 Å². The Bertz CT molecular complexity index is 565. The van der Waals surface area contributed by atoms with Crippen LogP contribution >= 0.6 is 0 Å². The Morgan fingerprint density at radius 3 is 2.52 bits per heavy atom. The highest BCUT2D eigenvalue weighted by Crippen LogP contribution is 2.14. The Labute approximate surface area is 135 Å². The third kappa shape index (κ3) is 6.86. The molecule has 0 amide bonds. The standard InChI is InChI=1S/C17H21NO5/c1-3-4-5-6-7-13(2)23-17(20)12-16(19)14-8-10-15(11-9-14)18(21)22/h3,8-11,13H,1,4-7,12H2,2H3. The number of nitro benzene ring substituents is 1. The number of allylic oxidation sites excluding steroid dienone is 1. The maximum atomic E-state index is 11.9. The van der Waals surface area contributed by atoms with Gasteiger partial charge in [0.05, 0.1) is 11.0 Å². The van der Waals surface area contributed by atoms with Crippen LogP contribution in [0.3, 0.4) is 0 Å². The van der Waals surface area contributed by atoms with E-state index in [1.807, 2.05) is 6.08 Å². The molecule has 0 aliphatic rings. The van der Waals surface area contributed by atoms with Gasteiger partial charge in [0.25, 0.3) is 5.69 Å². The van der Waals surface area contributed by atoms with Gasteiger partial charge in [-0.2, -0.15) is 0 Å². The lowest BCUT2D eigenvalue weighted by Crippen LogP contribution is -2.18. The van der Waals surface area contributed by atoms with E-state index >= 15 is 0 Å². The smallest absolute Gasteiger partial charge is 0.313 e. The molecule has 6 heteroatoms. The molecule has 1 aromatic carbocycles. The van der Waals surface area contributed by atoms with Crippen molar-refractivity contribution in [1.82, 2.24) is 0 Å². The van der Waals surface area contributed by atoms with Gasteiger partial charge >= 0.3 is 5.97 Å². The summed E-state index contributed by atoms with van der Waals surface area (Å²) in [4.78, 5) is 33.7. The zero-order valence-corrected chi connectivity index (χ0v) is 13.2. The predicted molar refractivity (Wildman–Crippen MR) is 86.3 cm³/mol. The Morgan fingerprint density at radius 1 is 1.30 bits per heavy atom. The number of benzene rings is 1. The summed E-state index contributed by atoms with van der Waals surface area (Å²) in [7, 11) is 0. The molecule has 1 unspecified atom stereocenters. The monoisotopic (exact) mass is 319 g/mol. The Balaban J connectivity index is 2.42. The summed E-state index contributed by atoms with van der Waals surface area (Å²) in [6.45, 7) is 5.44. The van der Waals surface area contributed by atoms with Gasteiger partial charge in [-0.3, -0.25) is 19.7 Å². The molecule has 0 aromatic heterocycles. The summed E-state index contributed by atoms with van der Waals surface area (Å²) in [5, 5.41) is 10.5. The molecule has 0 fully saturated rings. The summed E-state index contributed by atoms with van der Waals surface area (Å²) in [5.74, 6) is -0.992. The van der Waals surface area contributed by atoms with E-state index in [0.29, 0.717) is 0 Å². The summed E-state index contributed by atoms with van der Waals surface area (Å²) in [5.41, 5.74) is 0.156. The number of rotatable bonds is 10. The van der Waals surface area contributed by atoms with Crippen molar-refractivity contribution in [2.24, 2.45) is 0 Å². The highest BCUT2D eigenvalue weighted by atomic mass is 16.6. The topological polar surface area (TPSA) is 86.5 Å². The minimum atomic E-state index is -0.579. The van der Waals surface area contributed by atoms with Crippen molar-refractivity contribution < 1.29 is 19.2 Å². The first-order chi connectivity index (χ1) is 10.9. The maximum Gasteiger partial charge on any atom is 0.313 e. The predicted octanol–water partition coefficient (Wildman–Crippen LogP) is 3.85. The van der Waals surface area contributed by atoms with Crippen LogP contribution in [0.1, 0.15) is 49.4 Å². The maximum absolute atomic E-state index is 11.9. The van der Waals surface area contributed by atoms with E-state index in [9.17, 15) is 19.7 Å². The molecular weight excluding hydrogens is 298 g/mol. The van der Waals surface area contributed by atoms with Crippen molar-refractivity contribution in [2.75, 3.05) is 0 Å². The third-order valence-corrected chi connectivity index (χ3v) is 3.31. The first-order valence-corrected chi connectivity index (χ1v) is 7.52. The lowest BCUT2D eigenvalue weighted by molar-refractivity contribution is -0.384. The van der Waals surface area contributed by atoms with Crippen LogP contribution in [0.5, 0.6) is 0 Å². The van der Waals surface area contributed by atoms with Crippen molar-refractivity contribution in [1.29, 1.82) is 0 Å². The molecule has 6 nitrogen and oxygen atoms in total. The normalized spacial score (nSPS) is 11.5. The number of carbonyl (C=O) groups is 2. The highest BCUT2D eigenvalue weighted by molar-refractivity contribution is 6.06. The lowest BCUT2D eigenvalue weighted by Gasteiger charge is -2.12. The Hall–Kier alpha value is -2.50. The van der Waals surface area contributed by atoms with Gasteiger partial charge in [-0.25, -0.2) is 0 Å². The van der Waals surface area contributed by atoms with E-state index < -0.39 is 16.7 Å². The van der Waals surface area contributed by atoms with Crippen LogP contribution in [0.2, 0.25) is 0 Å². The molecule has 1 rings (SSSR count). The fraction of sp³-hybridized carbons (Fsp3) is 0.412. The number of ketones is 1. The number of carbonyl (C=O) groups excluding carboxylic acids is 2. The van der Waals surface area contributed by atoms with Gasteiger partial charge in [-0.05, 0) is 44.7 Å². The fourth-order valence-electron chi connectivity index (χ4n) is 2.05. The van der Waals surface area contributed by atoms with E-state index in [-0.39, 0.29) is 23.8 Å². The number of nitro groups is 1. The van der Waals surface area contributed by atoms with Gasteiger partial charge in [0.2, 0.25) is 0 Å². The van der Waals surface area contributed by atoms with Crippen LogP contribution in [0.25, 0.3) is 0 Å². The highest BCUT2D eigenvalue weighted by Gasteiger charge is 2.16. The van der Waals surface area contributed by atoms with E-state index in [4.69, 9.17) is 4.74 Å². The Morgan fingerprint density at radius 2 is 1.96 bits per heavy atom. The van der Waals surface area contributed by atoms with Crippen molar-refractivity contribution in [2.45, 2.75) is 45.1 Å². The second-order valence-electron chi connectivity index (χ2n) is 5.28. The van der Waals surface area contributed by atoms with Crippen LogP contribution in [0.15, 0.2) is 36.9 Å². The molecule has 0 N–H and O–H groups in total. The van der Waals surface area contributed by atoms with Gasteiger partial charge < -0.3 is 4.74 Å². The van der Waals surface area contributed by atoms with Crippen LogP contribution in [-0.4, -0.2) is 22.8 Å². The molecule has 124 valence electrons. The Kier molecular flexibility index (Phi) is 7.66. The van der Waals surface area contributed by atoms with Crippen LogP contribution < -0.4 is 0 Å². The molecule has 1 atom stereocenters. The van der Waals surface area contributed by atoms with Crippen molar-refractivity contribution in [3.05, 3.63) is 52.6 Å². The van der Waals surface area contributed by atoms with Crippen LogP contribution in [-0.2, 0) is 9.53 Å². The van der Waals surface area contributed by atoms with Gasteiger partial charge in [-0.15, -0.1) is 6.58 Å². The van der Waals surface area contributed by atoms with Crippen LogP contribution in [0, 0.1) is 10.1 Å². The van der Waals surface area contributed by atoms with Gasteiger partial charge in [0.1, 0.15) is 6.42 Å². The summed E-state index contributed by atoms with van der Waals surface area (Å²) >= 11 is 0. The minimum Gasteiger partial charge on any atom is -0.462 e. The largest absolute Gasteiger partial charge is 0.462 e. The molecule has 0 saturated heterocycles. The lowest BCUT2D eigenvalue weighted by atomic mass is 10.1. The van der Waals surface area contributed by atoms with E-state index in [2.05, 4.69) is 6.58 Å². The molecule has 23 heavy (non-hydrogen) atoms. The second kappa shape index (κ2) is 9.50. The molecular formula is C17H21NO5. The summed E-state index contributed by atoms with van der Waals surface area (Å²) in [6.07, 6.45) is 4.83. The first-order valence-electron chi connectivity index (χ1n) is 7.52. The molecule has 0 heterocycles. The number of non-ortho nitro benzene ring substituents is 1. The number of nitrogens with zero attached hydrogens (tertiary/aromatic N) is 1.